The van der Waals surface area contributed by atoms with Crippen molar-refractivity contribution in [2.45, 2.75) is 30.6 Å². The van der Waals surface area contributed by atoms with Crippen LogP contribution in [-0.4, -0.2) is 14.8 Å². The Morgan fingerprint density at radius 3 is 2.64 bits per heavy atom. The summed E-state index contributed by atoms with van der Waals surface area (Å²) in [7, 11) is 0. The molecule has 9 heteroatoms. The van der Waals surface area contributed by atoms with Crippen LogP contribution in [0.15, 0.2) is 50.6 Å². The van der Waals surface area contributed by atoms with Gasteiger partial charge in [-0.05, 0) is 46.6 Å². The molecule has 0 amide bonds. The molecular weight excluding hydrogens is 419 g/mol. The number of nitrogens with zero attached hydrogens (tertiary/aromatic N) is 3. The van der Waals surface area contributed by atoms with Crippen LogP contribution in [0.2, 0.25) is 0 Å². The van der Waals surface area contributed by atoms with Gasteiger partial charge in [-0.3, -0.25) is 4.57 Å². The molecule has 0 spiro atoms. The maximum absolute atomic E-state index is 12.8. The zero-order valence-corrected chi connectivity index (χ0v) is 15.5. The summed E-state index contributed by atoms with van der Waals surface area (Å²) in [5.74, 6) is 1.52. The van der Waals surface area contributed by atoms with Gasteiger partial charge in [0.25, 0.3) is 0 Å². The number of alkyl halides is 3. The molecule has 4 nitrogen and oxygen atoms in total. The largest absolute Gasteiger partial charge is 0.446 e. The van der Waals surface area contributed by atoms with Gasteiger partial charge in [0.15, 0.2) is 15.6 Å². The highest BCUT2D eigenvalue weighted by Crippen LogP contribution is 2.32. The molecule has 0 fully saturated rings. The first-order valence-corrected chi connectivity index (χ1v) is 9.14. The van der Waals surface area contributed by atoms with E-state index in [4.69, 9.17) is 4.42 Å². The van der Waals surface area contributed by atoms with Gasteiger partial charge >= 0.3 is 6.18 Å². The fourth-order valence-electron chi connectivity index (χ4n) is 2.28. The van der Waals surface area contributed by atoms with Crippen LogP contribution in [0.3, 0.4) is 0 Å². The fourth-order valence-corrected chi connectivity index (χ4v) is 3.53. The smallest absolute Gasteiger partial charge is 0.416 e. The highest BCUT2D eigenvalue weighted by Gasteiger charge is 2.30. The Balaban J connectivity index is 1.79. The SMILES string of the molecule is CCn1c(SCc2cccc(C(F)(F)F)c2)nnc1-c1ccc(Br)o1. The first kappa shape index (κ1) is 18.1. The molecule has 0 radical (unpaired) electrons. The molecule has 0 aliphatic heterocycles. The summed E-state index contributed by atoms with van der Waals surface area (Å²) in [6, 6.07) is 8.84. The average Bonchev–Trinajstić information content (AvgIpc) is 3.17. The van der Waals surface area contributed by atoms with Gasteiger partial charge in [0, 0.05) is 12.3 Å². The van der Waals surface area contributed by atoms with Crippen molar-refractivity contribution in [3.8, 4) is 11.6 Å². The van der Waals surface area contributed by atoms with Crippen molar-refractivity contribution >= 4 is 27.7 Å². The number of aromatic nitrogens is 3. The van der Waals surface area contributed by atoms with Crippen LogP contribution in [0.25, 0.3) is 11.6 Å². The van der Waals surface area contributed by atoms with Crippen LogP contribution in [0, 0.1) is 0 Å². The molecule has 2 aromatic heterocycles. The normalized spacial score (nSPS) is 11.9. The van der Waals surface area contributed by atoms with Gasteiger partial charge in [-0.2, -0.15) is 13.2 Å². The molecule has 25 heavy (non-hydrogen) atoms. The predicted octanol–water partition coefficient (Wildman–Crippen LogP) is 5.63. The number of benzene rings is 1. The van der Waals surface area contributed by atoms with E-state index in [0.717, 1.165) is 12.1 Å². The zero-order valence-electron chi connectivity index (χ0n) is 13.0. The van der Waals surface area contributed by atoms with Crippen LogP contribution in [0.1, 0.15) is 18.1 Å². The number of halogens is 4. The second-order valence-corrected chi connectivity index (χ2v) is 6.87. The molecule has 1 aromatic carbocycles. The number of hydrogen-bond donors (Lipinski definition) is 0. The third-order valence-electron chi connectivity index (χ3n) is 3.45. The van der Waals surface area contributed by atoms with E-state index < -0.39 is 11.7 Å². The van der Waals surface area contributed by atoms with E-state index in [-0.39, 0.29) is 0 Å². The fraction of sp³-hybridized carbons (Fsp3) is 0.250. The Morgan fingerprint density at radius 1 is 1.20 bits per heavy atom. The Kier molecular flexibility index (Phi) is 5.24. The lowest BCUT2D eigenvalue weighted by atomic mass is 10.1. The van der Waals surface area contributed by atoms with Crippen LogP contribution in [0.4, 0.5) is 13.2 Å². The highest BCUT2D eigenvalue weighted by molar-refractivity contribution is 9.10. The Bertz CT molecular complexity index is 876. The Hall–Kier alpha value is -1.74. The summed E-state index contributed by atoms with van der Waals surface area (Å²) in [4.78, 5) is 0. The van der Waals surface area contributed by atoms with E-state index in [0.29, 0.717) is 39.3 Å². The standard InChI is InChI=1S/C16H13BrF3N3OS/c1-2-23-14(12-6-7-13(17)24-12)21-22-15(23)25-9-10-4-3-5-11(8-10)16(18,19)20/h3-8H,2,9H2,1H3. The minimum atomic E-state index is -4.34. The topological polar surface area (TPSA) is 43.9 Å². The van der Waals surface area contributed by atoms with Gasteiger partial charge < -0.3 is 4.42 Å². The lowest BCUT2D eigenvalue weighted by molar-refractivity contribution is -0.137. The van der Waals surface area contributed by atoms with E-state index in [9.17, 15) is 13.2 Å². The van der Waals surface area contributed by atoms with Crippen LogP contribution in [-0.2, 0) is 18.5 Å². The maximum Gasteiger partial charge on any atom is 0.416 e. The van der Waals surface area contributed by atoms with E-state index in [1.807, 2.05) is 11.5 Å². The van der Waals surface area contributed by atoms with Crippen molar-refractivity contribution in [1.82, 2.24) is 14.8 Å². The van der Waals surface area contributed by atoms with E-state index in [1.165, 1.54) is 17.8 Å². The van der Waals surface area contributed by atoms with E-state index >= 15 is 0 Å². The summed E-state index contributed by atoms with van der Waals surface area (Å²) in [5.41, 5.74) is -0.0727. The van der Waals surface area contributed by atoms with Crippen LogP contribution in [0.5, 0.6) is 0 Å². The number of rotatable bonds is 5. The molecule has 0 aliphatic carbocycles. The Labute approximate surface area is 154 Å². The highest BCUT2D eigenvalue weighted by atomic mass is 79.9. The van der Waals surface area contributed by atoms with Crippen LogP contribution >= 0.6 is 27.7 Å². The van der Waals surface area contributed by atoms with Gasteiger partial charge in [-0.1, -0.05) is 30.0 Å². The molecule has 0 bridgehead atoms. The second kappa shape index (κ2) is 7.25. The van der Waals surface area contributed by atoms with Gasteiger partial charge in [0.05, 0.1) is 5.56 Å². The van der Waals surface area contributed by atoms with Gasteiger partial charge in [-0.15, -0.1) is 10.2 Å². The first-order chi connectivity index (χ1) is 11.9. The van der Waals surface area contributed by atoms with Crippen molar-refractivity contribution in [3.63, 3.8) is 0 Å². The lowest BCUT2D eigenvalue weighted by Crippen LogP contribution is -2.05. The van der Waals surface area contributed by atoms with Crippen molar-refractivity contribution < 1.29 is 17.6 Å². The minimum absolute atomic E-state index is 0.365. The quantitative estimate of drug-likeness (QED) is 0.490. The number of furan rings is 1. The predicted molar refractivity (Wildman–Crippen MR) is 92.1 cm³/mol. The maximum atomic E-state index is 12.8. The Morgan fingerprint density at radius 2 is 2.00 bits per heavy atom. The third-order valence-corrected chi connectivity index (χ3v) is 4.91. The van der Waals surface area contributed by atoms with E-state index in [2.05, 4.69) is 26.1 Å². The lowest BCUT2D eigenvalue weighted by Gasteiger charge is -2.09. The molecule has 0 atom stereocenters. The summed E-state index contributed by atoms with van der Waals surface area (Å²) in [5, 5.41) is 8.90. The monoisotopic (exact) mass is 431 g/mol. The summed E-state index contributed by atoms with van der Waals surface area (Å²) < 4.78 is 46.3. The molecular formula is C16H13BrF3N3OS. The van der Waals surface area contributed by atoms with Crippen molar-refractivity contribution in [2.24, 2.45) is 0 Å². The van der Waals surface area contributed by atoms with E-state index in [1.54, 1.807) is 18.2 Å². The summed E-state index contributed by atoms with van der Waals surface area (Å²) >= 11 is 4.58. The molecule has 3 aromatic rings. The van der Waals surface area contributed by atoms with Crippen molar-refractivity contribution in [1.29, 1.82) is 0 Å². The molecule has 0 unspecified atom stereocenters. The molecule has 2 heterocycles. The number of hydrogen-bond acceptors (Lipinski definition) is 4. The first-order valence-electron chi connectivity index (χ1n) is 7.36. The summed E-state index contributed by atoms with van der Waals surface area (Å²) in [6.07, 6.45) is -4.34. The van der Waals surface area contributed by atoms with Crippen molar-refractivity contribution in [2.75, 3.05) is 0 Å². The van der Waals surface area contributed by atoms with Crippen LogP contribution < -0.4 is 0 Å². The summed E-state index contributed by atoms with van der Waals surface area (Å²) in [6.45, 7) is 2.56. The van der Waals surface area contributed by atoms with Gasteiger partial charge in [-0.25, -0.2) is 0 Å². The van der Waals surface area contributed by atoms with Gasteiger partial charge in [0.2, 0.25) is 5.82 Å². The molecule has 0 N–H and O–H groups in total. The van der Waals surface area contributed by atoms with Crippen molar-refractivity contribution in [3.05, 3.63) is 52.2 Å². The molecule has 0 aliphatic rings. The molecule has 0 saturated heterocycles. The number of thioether (sulfide) groups is 1. The minimum Gasteiger partial charge on any atom is -0.446 e. The van der Waals surface area contributed by atoms with Gasteiger partial charge in [0.1, 0.15) is 0 Å². The second-order valence-electron chi connectivity index (χ2n) is 5.14. The molecule has 132 valence electrons. The molecule has 0 saturated carbocycles. The third kappa shape index (κ3) is 4.09. The zero-order chi connectivity index (χ0) is 18.0. The molecule has 3 rings (SSSR count). The average molecular weight is 432 g/mol.